The van der Waals surface area contributed by atoms with Crippen molar-refractivity contribution >= 4 is 11.6 Å². The lowest BCUT2D eigenvalue weighted by Gasteiger charge is -2.45. The van der Waals surface area contributed by atoms with Crippen LogP contribution in [0.1, 0.15) is 43.4 Å². The van der Waals surface area contributed by atoms with Crippen LogP contribution in [0.3, 0.4) is 0 Å². The van der Waals surface area contributed by atoms with Crippen LogP contribution >= 0.6 is 0 Å². The lowest BCUT2D eigenvalue weighted by Crippen LogP contribution is -2.64. The van der Waals surface area contributed by atoms with Crippen molar-refractivity contribution in [1.29, 1.82) is 0 Å². The number of hydrogen-bond acceptors (Lipinski definition) is 9. The Balaban J connectivity index is 1.07. The molecular formula is C29H32F3N7O2. The SMILES string of the molecule is O=C(C1CN(c2cc(C(F)(F)F)ccn2)C1)[C@]1(NC2CCC(O)(c3ccc(-c4ncccn4)cn3)CC2)CCNC1. The number of Topliss-reactive ketones (excluding diaryl/α,β-unsaturated/α-hetero) is 1. The maximum Gasteiger partial charge on any atom is 0.416 e. The van der Waals surface area contributed by atoms with E-state index < -0.39 is 22.9 Å². The Morgan fingerprint density at radius 3 is 2.41 bits per heavy atom. The second-order valence-corrected chi connectivity index (χ2v) is 11.3. The number of aliphatic hydroxyl groups is 1. The van der Waals surface area contributed by atoms with E-state index in [4.69, 9.17) is 0 Å². The molecule has 3 aromatic heterocycles. The molecule has 2 aliphatic heterocycles. The number of anilines is 1. The first-order chi connectivity index (χ1) is 19.7. The van der Waals surface area contributed by atoms with Crippen molar-refractivity contribution in [1.82, 2.24) is 30.6 Å². The minimum absolute atomic E-state index is 0.0532. The third-order valence-corrected chi connectivity index (χ3v) is 8.63. The van der Waals surface area contributed by atoms with Crippen molar-refractivity contribution in [3.8, 4) is 11.4 Å². The fraction of sp³-hybridized carbons (Fsp3) is 0.483. The van der Waals surface area contributed by atoms with Crippen molar-refractivity contribution in [3.05, 3.63) is 66.4 Å². The number of ketones is 1. The number of hydrogen-bond donors (Lipinski definition) is 3. The third kappa shape index (κ3) is 5.55. The molecule has 2 saturated heterocycles. The summed E-state index contributed by atoms with van der Waals surface area (Å²) >= 11 is 0. The number of nitrogens with one attached hydrogen (secondary N) is 2. The molecular weight excluding hydrogens is 535 g/mol. The number of carbonyl (C=O) groups is 1. The van der Waals surface area contributed by atoms with Gasteiger partial charge in [0, 0.05) is 56.0 Å². The highest BCUT2D eigenvalue weighted by atomic mass is 19.4. The standard InChI is InChI=1S/C29H32F3N7O2/c30-29(31,32)21-6-12-34-24(14-21)39-16-20(17-39)25(40)27(9-13-33-18-27)38-22-4-7-28(41,8-5-22)23-3-2-19(15-37-23)26-35-10-1-11-36-26/h1-3,6,10-12,14-15,20,22,33,38,41H,4-5,7-9,13,16-18H2/t22?,27-,28?/m0/s1. The van der Waals surface area contributed by atoms with E-state index in [2.05, 4.69) is 30.6 Å². The molecule has 0 unspecified atom stereocenters. The summed E-state index contributed by atoms with van der Waals surface area (Å²) in [7, 11) is 0. The van der Waals surface area contributed by atoms with Gasteiger partial charge in [-0.15, -0.1) is 0 Å². The average molecular weight is 568 g/mol. The van der Waals surface area contributed by atoms with Gasteiger partial charge in [-0.2, -0.15) is 13.2 Å². The quantitative estimate of drug-likeness (QED) is 0.396. The molecule has 0 radical (unpaired) electrons. The van der Waals surface area contributed by atoms with Gasteiger partial charge in [-0.1, -0.05) is 0 Å². The van der Waals surface area contributed by atoms with Crippen LogP contribution in [-0.2, 0) is 16.6 Å². The molecule has 1 aliphatic carbocycles. The predicted molar refractivity (Wildman–Crippen MR) is 145 cm³/mol. The zero-order chi connectivity index (χ0) is 28.7. The Morgan fingerprint density at radius 2 is 1.78 bits per heavy atom. The summed E-state index contributed by atoms with van der Waals surface area (Å²) in [6.45, 7) is 1.91. The third-order valence-electron chi connectivity index (χ3n) is 8.63. The van der Waals surface area contributed by atoms with Crippen molar-refractivity contribution in [2.45, 2.75) is 55.5 Å². The van der Waals surface area contributed by atoms with Gasteiger partial charge in [-0.05, 0) is 69.0 Å². The van der Waals surface area contributed by atoms with E-state index in [-0.39, 0.29) is 23.6 Å². The minimum atomic E-state index is -4.44. The van der Waals surface area contributed by atoms with Crippen LogP contribution in [-0.4, -0.2) is 68.6 Å². The molecule has 41 heavy (non-hydrogen) atoms. The number of rotatable bonds is 7. The fourth-order valence-electron chi connectivity index (χ4n) is 6.22. The Kier molecular flexibility index (Phi) is 7.25. The van der Waals surface area contributed by atoms with E-state index >= 15 is 0 Å². The first-order valence-corrected chi connectivity index (χ1v) is 13.9. The van der Waals surface area contributed by atoms with Gasteiger partial charge in [0.05, 0.1) is 22.7 Å². The Morgan fingerprint density at radius 1 is 1.02 bits per heavy atom. The molecule has 12 heteroatoms. The Bertz CT molecular complexity index is 1370. The molecule has 5 heterocycles. The Hall–Kier alpha value is -3.48. The minimum Gasteiger partial charge on any atom is -0.384 e. The van der Waals surface area contributed by atoms with Gasteiger partial charge in [-0.3, -0.25) is 9.78 Å². The molecule has 3 aliphatic rings. The van der Waals surface area contributed by atoms with E-state index in [0.717, 1.165) is 23.9 Å². The van der Waals surface area contributed by atoms with Gasteiger partial charge >= 0.3 is 6.18 Å². The van der Waals surface area contributed by atoms with Gasteiger partial charge in [0.25, 0.3) is 0 Å². The van der Waals surface area contributed by atoms with Gasteiger partial charge in [0.2, 0.25) is 0 Å². The highest BCUT2D eigenvalue weighted by Crippen LogP contribution is 2.39. The summed E-state index contributed by atoms with van der Waals surface area (Å²) < 4.78 is 39.4. The molecule has 6 rings (SSSR count). The molecule has 0 amide bonds. The zero-order valence-electron chi connectivity index (χ0n) is 22.4. The molecule has 1 atom stereocenters. The monoisotopic (exact) mass is 567 g/mol. The van der Waals surface area contributed by atoms with Crippen molar-refractivity contribution in [2.75, 3.05) is 31.1 Å². The van der Waals surface area contributed by atoms with E-state index in [1.54, 1.807) is 29.6 Å². The molecule has 3 N–H and O–H groups in total. The van der Waals surface area contributed by atoms with Gasteiger partial charge in [-0.25, -0.2) is 15.0 Å². The van der Waals surface area contributed by atoms with Crippen molar-refractivity contribution < 1.29 is 23.1 Å². The highest BCUT2D eigenvalue weighted by molar-refractivity contribution is 5.93. The predicted octanol–water partition coefficient (Wildman–Crippen LogP) is 3.11. The van der Waals surface area contributed by atoms with E-state index in [0.29, 0.717) is 69.8 Å². The number of alkyl halides is 3. The van der Waals surface area contributed by atoms with Crippen molar-refractivity contribution in [2.24, 2.45) is 5.92 Å². The summed E-state index contributed by atoms with van der Waals surface area (Å²) in [5.74, 6) is 0.620. The number of nitrogens with zero attached hydrogens (tertiary/aromatic N) is 5. The lowest BCUT2D eigenvalue weighted by atomic mass is 9.76. The zero-order valence-corrected chi connectivity index (χ0v) is 22.4. The number of halogens is 3. The molecule has 0 aromatic carbocycles. The van der Waals surface area contributed by atoms with Crippen LogP contribution < -0.4 is 15.5 Å². The highest BCUT2D eigenvalue weighted by Gasteiger charge is 2.49. The second-order valence-electron chi connectivity index (χ2n) is 11.3. The van der Waals surface area contributed by atoms with Crippen LogP contribution in [0.4, 0.5) is 19.0 Å². The first kappa shape index (κ1) is 27.7. The van der Waals surface area contributed by atoms with Crippen LogP contribution in [0.2, 0.25) is 0 Å². The summed E-state index contributed by atoms with van der Waals surface area (Å²) in [6, 6.07) is 7.48. The van der Waals surface area contributed by atoms with Gasteiger partial charge in [0.15, 0.2) is 11.6 Å². The topological polar surface area (TPSA) is 116 Å². The molecule has 216 valence electrons. The first-order valence-electron chi connectivity index (χ1n) is 13.9. The maximum absolute atomic E-state index is 13.7. The smallest absolute Gasteiger partial charge is 0.384 e. The summed E-state index contributed by atoms with van der Waals surface area (Å²) in [6.07, 6.45) is 4.77. The molecule has 1 saturated carbocycles. The second kappa shape index (κ2) is 10.7. The summed E-state index contributed by atoms with van der Waals surface area (Å²) in [4.78, 5) is 32.5. The normalized spacial score (nSPS) is 27.0. The molecule has 0 bridgehead atoms. The van der Waals surface area contributed by atoms with E-state index in [1.807, 2.05) is 12.1 Å². The van der Waals surface area contributed by atoms with E-state index in [9.17, 15) is 23.1 Å². The van der Waals surface area contributed by atoms with E-state index in [1.165, 1.54) is 0 Å². The van der Waals surface area contributed by atoms with Gasteiger partial charge < -0.3 is 20.6 Å². The lowest BCUT2D eigenvalue weighted by molar-refractivity contribution is -0.137. The number of pyridine rings is 2. The number of aromatic nitrogens is 4. The van der Waals surface area contributed by atoms with Crippen LogP contribution in [0, 0.1) is 5.92 Å². The Labute approximate surface area is 235 Å². The van der Waals surface area contributed by atoms with Crippen LogP contribution in [0.15, 0.2) is 55.1 Å². The molecule has 3 aromatic rings. The van der Waals surface area contributed by atoms with Gasteiger partial charge in [0.1, 0.15) is 11.4 Å². The molecule has 0 spiro atoms. The fourth-order valence-corrected chi connectivity index (χ4v) is 6.22. The van der Waals surface area contributed by atoms with Crippen LogP contribution in [0.25, 0.3) is 11.4 Å². The van der Waals surface area contributed by atoms with Crippen LogP contribution in [0.5, 0.6) is 0 Å². The molecule has 3 fully saturated rings. The maximum atomic E-state index is 13.7. The average Bonchev–Trinajstić information content (AvgIpc) is 3.44. The summed E-state index contributed by atoms with van der Waals surface area (Å²) in [5, 5.41) is 18.4. The van der Waals surface area contributed by atoms with Crippen molar-refractivity contribution in [3.63, 3.8) is 0 Å². The molecule has 9 nitrogen and oxygen atoms in total. The summed E-state index contributed by atoms with van der Waals surface area (Å²) in [5.41, 5.74) is -1.13. The number of carbonyl (C=O) groups excluding carboxylic acids is 1. The largest absolute Gasteiger partial charge is 0.416 e.